The SMILES string of the molecule is CC[C@@H](O)c1ccccc1Sc1cccc(F)c1. The molecule has 0 saturated heterocycles. The van der Waals surface area contributed by atoms with E-state index in [0.717, 1.165) is 15.4 Å². The maximum atomic E-state index is 13.1. The first-order chi connectivity index (χ1) is 8.70. The number of aliphatic hydroxyl groups is 1. The van der Waals surface area contributed by atoms with E-state index < -0.39 is 6.10 Å². The van der Waals surface area contributed by atoms with E-state index in [2.05, 4.69) is 0 Å². The lowest BCUT2D eigenvalue weighted by Gasteiger charge is -2.13. The molecule has 0 aromatic heterocycles. The van der Waals surface area contributed by atoms with Crippen LogP contribution in [0.2, 0.25) is 0 Å². The lowest BCUT2D eigenvalue weighted by molar-refractivity contribution is 0.171. The van der Waals surface area contributed by atoms with Gasteiger partial charge in [-0.25, -0.2) is 4.39 Å². The monoisotopic (exact) mass is 262 g/mol. The molecule has 0 aliphatic carbocycles. The van der Waals surface area contributed by atoms with Crippen LogP contribution < -0.4 is 0 Å². The van der Waals surface area contributed by atoms with Crippen molar-refractivity contribution in [1.29, 1.82) is 0 Å². The van der Waals surface area contributed by atoms with Gasteiger partial charge in [-0.3, -0.25) is 0 Å². The predicted octanol–water partition coefficient (Wildman–Crippen LogP) is 4.42. The van der Waals surface area contributed by atoms with E-state index >= 15 is 0 Å². The van der Waals surface area contributed by atoms with Gasteiger partial charge >= 0.3 is 0 Å². The Morgan fingerprint density at radius 1 is 1.17 bits per heavy atom. The van der Waals surface area contributed by atoms with Gasteiger partial charge in [0.1, 0.15) is 5.82 Å². The average Bonchev–Trinajstić information content (AvgIpc) is 2.38. The van der Waals surface area contributed by atoms with E-state index in [1.54, 1.807) is 6.07 Å². The molecule has 18 heavy (non-hydrogen) atoms. The zero-order valence-electron chi connectivity index (χ0n) is 10.1. The Kier molecular flexibility index (Phi) is 4.39. The number of aliphatic hydroxyl groups excluding tert-OH is 1. The van der Waals surface area contributed by atoms with Crippen molar-refractivity contribution in [2.75, 3.05) is 0 Å². The molecule has 1 nitrogen and oxygen atoms in total. The minimum absolute atomic E-state index is 0.242. The van der Waals surface area contributed by atoms with Gasteiger partial charge in [-0.05, 0) is 36.2 Å². The quantitative estimate of drug-likeness (QED) is 0.880. The van der Waals surface area contributed by atoms with Gasteiger partial charge < -0.3 is 5.11 Å². The summed E-state index contributed by atoms with van der Waals surface area (Å²) in [7, 11) is 0. The molecular formula is C15H15FOS. The molecule has 0 amide bonds. The zero-order chi connectivity index (χ0) is 13.0. The zero-order valence-corrected chi connectivity index (χ0v) is 11.0. The van der Waals surface area contributed by atoms with E-state index in [1.807, 2.05) is 37.3 Å². The van der Waals surface area contributed by atoms with Crippen molar-refractivity contribution in [3.05, 3.63) is 59.9 Å². The molecule has 0 heterocycles. The van der Waals surface area contributed by atoms with Gasteiger partial charge in [0.2, 0.25) is 0 Å². The minimum atomic E-state index is -0.470. The Morgan fingerprint density at radius 2 is 1.94 bits per heavy atom. The summed E-state index contributed by atoms with van der Waals surface area (Å²) < 4.78 is 13.1. The molecule has 0 saturated carbocycles. The van der Waals surface area contributed by atoms with Crippen LogP contribution in [0.3, 0.4) is 0 Å². The van der Waals surface area contributed by atoms with Crippen LogP contribution in [0.25, 0.3) is 0 Å². The van der Waals surface area contributed by atoms with E-state index in [4.69, 9.17) is 0 Å². The molecule has 0 fully saturated rings. The second-order valence-corrected chi connectivity index (χ2v) is 5.14. The number of rotatable bonds is 4. The van der Waals surface area contributed by atoms with E-state index in [1.165, 1.54) is 23.9 Å². The molecule has 94 valence electrons. The molecule has 0 spiro atoms. The molecule has 0 aliphatic heterocycles. The van der Waals surface area contributed by atoms with Gasteiger partial charge in [0.05, 0.1) is 6.10 Å². The van der Waals surface area contributed by atoms with E-state index in [9.17, 15) is 9.50 Å². The maximum Gasteiger partial charge on any atom is 0.124 e. The van der Waals surface area contributed by atoms with Gasteiger partial charge in [0.25, 0.3) is 0 Å². The molecular weight excluding hydrogens is 247 g/mol. The van der Waals surface area contributed by atoms with Crippen LogP contribution in [0.4, 0.5) is 4.39 Å². The topological polar surface area (TPSA) is 20.2 Å². The first kappa shape index (κ1) is 13.1. The van der Waals surface area contributed by atoms with Crippen molar-refractivity contribution in [3.63, 3.8) is 0 Å². The van der Waals surface area contributed by atoms with Crippen LogP contribution in [0.5, 0.6) is 0 Å². The number of hydrogen-bond acceptors (Lipinski definition) is 2. The third-order valence-electron chi connectivity index (χ3n) is 2.69. The Hall–Kier alpha value is -1.32. The Balaban J connectivity index is 2.29. The van der Waals surface area contributed by atoms with Crippen LogP contribution in [0.15, 0.2) is 58.3 Å². The van der Waals surface area contributed by atoms with Crippen LogP contribution in [0.1, 0.15) is 25.0 Å². The highest BCUT2D eigenvalue weighted by molar-refractivity contribution is 7.99. The molecule has 0 bridgehead atoms. The van der Waals surface area contributed by atoms with Crippen molar-refractivity contribution in [1.82, 2.24) is 0 Å². The molecule has 0 radical (unpaired) electrons. The third-order valence-corrected chi connectivity index (χ3v) is 3.77. The third kappa shape index (κ3) is 3.12. The largest absolute Gasteiger partial charge is 0.388 e. The van der Waals surface area contributed by atoms with Crippen LogP contribution >= 0.6 is 11.8 Å². The lowest BCUT2D eigenvalue weighted by atomic mass is 10.1. The summed E-state index contributed by atoms with van der Waals surface area (Å²) in [6.07, 6.45) is 0.197. The van der Waals surface area contributed by atoms with Gasteiger partial charge in [0.15, 0.2) is 0 Å². The molecule has 0 aliphatic rings. The fourth-order valence-electron chi connectivity index (χ4n) is 1.73. The summed E-state index contributed by atoms with van der Waals surface area (Å²) >= 11 is 1.47. The van der Waals surface area contributed by atoms with Crippen molar-refractivity contribution in [2.45, 2.75) is 29.2 Å². The highest BCUT2D eigenvalue weighted by Gasteiger charge is 2.11. The number of benzene rings is 2. The summed E-state index contributed by atoms with van der Waals surface area (Å²) in [4.78, 5) is 1.81. The summed E-state index contributed by atoms with van der Waals surface area (Å²) in [6.45, 7) is 1.94. The predicted molar refractivity (Wildman–Crippen MR) is 72.2 cm³/mol. The van der Waals surface area contributed by atoms with Crippen molar-refractivity contribution < 1.29 is 9.50 Å². The van der Waals surface area contributed by atoms with Gasteiger partial charge in [0, 0.05) is 9.79 Å². The van der Waals surface area contributed by atoms with Crippen LogP contribution in [0, 0.1) is 5.82 Å². The van der Waals surface area contributed by atoms with Crippen LogP contribution in [-0.4, -0.2) is 5.11 Å². The second-order valence-electron chi connectivity index (χ2n) is 4.02. The molecule has 1 N–H and O–H groups in total. The van der Waals surface area contributed by atoms with Crippen molar-refractivity contribution in [3.8, 4) is 0 Å². The smallest absolute Gasteiger partial charge is 0.124 e. The van der Waals surface area contributed by atoms with Gasteiger partial charge in [-0.2, -0.15) is 0 Å². The van der Waals surface area contributed by atoms with Crippen LogP contribution in [-0.2, 0) is 0 Å². The number of halogens is 1. The number of hydrogen-bond donors (Lipinski definition) is 1. The summed E-state index contributed by atoms with van der Waals surface area (Å²) in [5.41, 5.74) is 0.897. The Bertz CT molecular complexity index is 527. The maximum absolute atomic E-state index is 13.1. The van der Waals surface area contributed by atoms with Gasteiger partial charge in [-0.1, -0.05) is 43.0 Å². The second kappa shape index (κ2) is 6.03. The van der Waals surface area contributed by atoms with E-state index in [-0.39, 0.29) is 5.82 Å². The average molecular weight is 262 g/mol. The Labute approximate surface area is 111 Å². The first-order valence-corrected chi connectivity index (χ1v) is 6.72. The fourth-order valence-corrected chi connectivity index (χ4v) is 2.77. The first-order valence-electron chi connectivity index (χ1n) is 5.91. The van der Waals surface area contributed by atoms with Gasteiger partial charge in [-0.15, -0.1) is 0 Å². The molecule has 1 atom stereocenters. The Morgan fingerprint density at radius 3 is 2.67 bits per heavy atom. The standard InChI is InChI=1S/C15H15FOS/c1-2-14(17)13-8-3-4-9-15(13)18-12-7-5-6-11(16)10-12/h3-10,14,17H,2H2,1H3/t14-/m1/s1. The molecule has 2 aromatic rings. The van der Waals surface area contributed by atoms with Crippen molar-refractivity contribution >= 4 is 11.8 Å². The molecule has 0 unspecified atom stereocenters. The summed E-state index contributed by atoms with van der Waals surface area (Å²) in [6, 6.07) is 14.2. The highest BCUT2D eigenvalue weighted by atomic mass is 32.2. The summed E-state index contributed by atoms with van der Waals surface area (Å²) in [5.74, 6) is -0.242. The fraction of sp³-hybridized carbons (Fsp3) is 0.200. The molecule has 2 rings (SSSR count). The minimum Gasteiger partial charge on any atom is -0.388 e. The normalized spacial score (nSPS) is 12.4. The molecule has 3 heteroatoms. The lowest BCUT2D eigenvalue weighted by Crippen LogP contribution is -1.97. The van der Waals surface area contributed by atoms with E-state index in [0.29, 0.717) is 6.42 Å². The highest BCUT2D eigenvalue weighted by Crippen LogP contribution is 2.34. The van der Waals surface area contributed by atoms with Crippen molar-refractivity contribution in [2.24, 2.45) is 0 Å². The summed E-state index contributed by atoms with van der Waals surface area (Å²) in [5, 5.41) is 9.96. The molecule has 2 aromatic carbocycles.